The van der Waals surface area contributed by atoms with E-state index in [0.29, 0.717) is 0 Å². The van der Waals surface area contributed by atoms with Crippen molar-refractivity contribution in [3.8, 4) is 44.9 Å². The molecule has 13 rings (SSSR count). The minimum atomic E-state index is -0.0872. The third-order valence-corrected chi connectivity index (χ3v) is 13.2. The molecule has 0 atom stereocenters. The number of ether oxygens (including phenoxy) is 1. The lowest BCUT2D eigenvalue weighted by molar-refractivity contribution is 0.487. The lowest BCUT2D eigenvalue weighted by Crippen LogP contribution is -2.15. The van der Waals surface area contributed by atoms with Crippen molar-refractivity contribution < 1.29 is 9.15 Å². The molecule has 0 unspecified atom stereocenters. The summed E-state index contributed by atoms with van der Waals surface area (Å²) in [6.45, 7) is 4.67. The average Bonchev–Trinajstić information content (AvgIpc) is 3.78. The van der Waals surface area contributed by atoms with Crippen LogP contribution in [0.3, 0.4) is 0 Å². The molecule has 0 fully saturated rings. The Morgan fingerprint density at radius 2 is 1.10 bits per heavy atom. The zero-order chi connectivity index (χ0) is 39.7. The van der Waals surface area contributed by atoms with Gasteiger partial charge in [-0.2, -0.15) is 0 Å². The van der Waals surface area contributed by atoms with Crippen molar-refractivity contribution in [3.63, 3.8) is 0 Å². The Morgan fingerprint density at radius 1 is 0.400 bits per heavy atom. The minimum absolute atomic E-state index is 0.0872. The molecule has 0 N–H and O–H groups in total. The molecule has 2 heterocycles. The molecule has 60 heavy (non-hydrogen) atoms. The maximum atomic E-state index is 6.94. The first-order valence-corrected chi connectivity index (χ1v) is 20.7. The minimum Gasteiger partial charge on any atom is -0.456 e. The van der Waals surface area contributed by atoms with Gasteiger partial charge in [-0.1, -0.05) is 135 Å². The molecule has 1 aliphatic heterocycles. The zero-order valence-corrected chi connectivity index (χ0v) is 33.2. The van der Waals surface area contributed by atoms with Crippen molar-refractivity contribution in [2.24, 2.45) is 0 Å². The summed E-state index contributed by atoms with van der Waals surface area (Å²) in [5, 5.41) is 9.42. The normalized spacial score (nSPS) is 13.4. The molecule has 0 saturated heterocycles. The van der Waals surface area contributed by atoms with E-state index in [-0.39, 0.29) is 5.41 Å². The molecule has 2 aliphatic rings. The van der Waals surface area contributed by atoms with Gasteiger partial charge in [0.15, 0.2) is 0 Å². The summed E-state index contributed by atoms with van der Waals surface area (Å²) in [6, 6.07) is 68.3. The van der Waals surface area contributed by atoms with E-state index in [1.807, 2.05) is 12.1 Å². The number of hydrogen-bond donors (Lipinski definition) is 0. The number of rotatable bonds is 4. The Bertz CT molecular complexity index is 3630. The summed E-state index contributed by atoms with van der Waals surface area (Å²) in [7, 11) is 0. The number of furan rings is 1. The van der Waals surface area contributed by atoms with E-state index in [1.54, 1.807) is 0 Å². The van der Waals surface area contributed by atoms with Gasteiger partial charge in [0.05, 0.1) is 5.69 Å². The molecule has 0 spiro atoms. The highest BCUT2D eigenvalue weighted by molar-refractivity contribution is 6.15. The van der Waals surface area contributed by atoms with Crippen LogP contribution in [0.5, 0.6) is 11.5 Å². The van der Waals surface area contributed by atoms with Crippen LogP contribution in [0, 0.1) is 0 Å². The molecule has 0 saturated carbocycles. The third-order valence-electron chi connectivity index (χ3n) is 13.2. The smallest absolute Gasteiger partial charge is 0.136 e. The Morgan fingerprint density at radius 3 is 2.02 bits per heavy atom. The van der Waals surface area contributed by atoms with Gasteiger partial charge in [0.25, 0.3) is 0 Å². The maximum absolute atomic E-state index is 6.94. The average molecular weight is 768 g/mol. The van der Waals surface area contributed by atoms with Crippen LogP contribution in [-0.4, -0.2) is 0 Å². The summed E-state index contributed by atoms with van der Waals surface area (Å²) in [6.07, 6.45) is 0. The molecule has 1 aliphatic carbocycles. The van der Waals surface area contributed by atoms with Gasteiger partial charge >= 0.3 is 0 Å². The van der Waals surface area contributed by atoms with Crippen LogP contribution in [0.2, 0.25) is 0 Å². The Balaban J connectivity index is 1.00. The van der Waals surface area contributed by atoms with E-state index in [2.05, 4.69) is 195 Å². The molecule has 3 heteroatoms. The van der Waals surface area contributed by atoms with E-state index in [9.17, 15) is 0 Å². The van der Waals surface area contributed by atoms with E-state index < -0.39 is 0 Å². The molecule has 1 aromatic heterocycles. The monoisotopic (exact) mass is 767 g/mol. The van der Waals surface area contributed by atoms with Crippen molar-refractivity contribution in [1.29, 1.82) is 0 Å². The van der Waals surface area contributed by atoms with E-state index in [4.69, 9.17) is 9.15 Å². The zero-order valence-electron chi connectivity index (χ0n) is 33.2. The number of fused-ring (bicyclic) bond motifs is 11. The SMILES string of the molecule is CC1(C)c2ccccc2-c2cc(N(c3ccc4oc5ccccc5c4c3)c3ccc4c5c(cccc35)-c3ccc(-c5cc6ccccc6c6ccccc56)cc3O4)ccc21. The summed E-state index contributed by atoms with van der Waals surface area (Å²) in [5.74, 6) is 1.73. The number of hydrogen-bond acceptors (Lipinski definition) is 3. The third kappa shape index (κ3) is 4.66. The summed E-state index contributed by atoms with van der Waals surface area (Å²) < 4.78 is 13.3. The van der Waals surface area contributed by atoms with Crippen LogP contribution in [0.15, 0.2) is 192 Å². The quantitative estimate of drug-likeness (QED) is 0.167. The van der Waals surface area contributed by atoms with Gasteiger partial charge in [-0.3, -0.25) is 0 Å². The van der Waals surface area contributed by atoms with Crippen LogP contribution in [-0.2, 0) is 5.41 Å². The van der Waals surface area contributed by atoms with E-state index >= 15 is 0 Å². The molecule has 0 bridgehead atoms. The van der Waals surface area contributed by atoms with Gasteiger partial charge in [-0.15, -0.1) is 0 Å². The summed E-state index contributed by atoms with van der Waals surface area (Å²) in [4.78, 5) is 2.42. The lowest BCUT2D eigenvalue weighted by atomic mass is 9.82. The van der Waals surface area contributed by atoms with Crippen molar-refractivity contribution >= 4 is 71.3 Å². The molecule has 10 aromatic carbocycles. The van der Waals surface area contributed by atoms with Crippen LogP contribution >= 0.6 is 0 Å². The van der Waals surface area contributed by atoms with E-state index in [0.717, 1.165) is 72.4 Å². The van der Waals surface area contributed by atoms with Crippen LogP contribution < -0.4 is 9.64 Å². The second-order valence-corrected chi connectivity index (χ2v) is 16.8. The molecular formula is C57H37NO2. The lowest BCUT2D eigenvalue weighted by Gasteiger charge is -2.30. The van der Waals surface area contributed by atoms with Crippen molar-refractivity contribution in [2.75, 3.05) is 4.90 Å². The molecule has 0 amide bonds. The van der Waals surface area contributed by atoms with E-state index in [1.165, 1.54) is 54.9 Å². The van der Waals surface area contributed by atoms with Crippen LogP contribution in [0.25, 0.3) is 87.6 Å². The van der Waals surface area contributed by atoms with Gasteiger partial charge in [-0.05, 0) is 127 Å². The predicted octanol–water partition coefficient (Wildman–Crippen LogP) is 16.3. The largest absolute Gasteiger partial charge is 0.456 e. The molecular weight excluding hydrogens is 731 g/mol. The van der Waals surface area contributed by atoms with Crippen molar-refractivity contribution in [3.05, 3.63) is 199 Å². The summed E-state index contributed by atoms with van der Waals surface area (Å²) in [5.41, 5.74) is 14.8. The fourth-order valence-electron chi connectivity index (χ4n) is 10.4. The Hall–Kier alpha value is -7.62. The molecule has 3 nitrogen and oxygen atoms in total. The first kappa shape index (κ1) is 33.4. The van der Waals surface area contributed by atoms with Crippen molar-refractivity contribution in [2.45, 2.75) is 19.3 Å². The van der Waals surface area contributed by atoms with Gasteiger partial charge in [-0.25, -0.2) is 0 Å². The highest BCUT2D eigenvalue weighted by atomic mass is 16.5. The molecule has 282 valence electrons. The van der Waals surface area contributed by atoms with Gasteiger partial charge in [0.1, 0.15) is 22.7 Å². The molecule has 11 aromatic rings. The second kappa shape index (κ2) is 12.2. The number of para-hydroxylation sites is 1. The Kier molecular flexibility index (Phi) is 6.78. The fraction of sp³-hybridized carbons (Fsp3) is 0.0526. The number of nitrogens with zero attached hydrogens (tertiary/aromatic N) is 1. The highest BCUT2D eigenvalue weighted by Gasteiger charge is 2.36. The van der Waals surface area contributed by atoms with Crippen LogP contribution in [0.4, 0.5) is 17.1 Å². The topological polar surface area (TPSA) is 25.6 Å². The first-order valence-electron chi connectivity index (χ1n) is 20.7. The number of benzene rings is 10. The highest BCUT2D eigenvalue weighted by Crippen LogP contribution is 2.54. The number of anilines is 3. The van der Waals surface area contributed by atoms with Crippen molar-refractivity contribution in [1.82, 2.24) is 0 Å². The first-order chi connectivity index (χ1) is 29.5. The summed E-state index contributed by atoms with van der Waals surface area (Å²) >= 11 is 0. The molecule has 0 radical (unpaired) electrons. The predicted molar refractivity (Wildman–Crippen MR) is 249 cm³/mol. The van der Waals surface area contributed by atoms with Gasteiger partial charge < -0.3 is 14.1 Å². The van der Waals surface area contributed by atoms with Crippen LogP contribution in [0.1, 0.15) is 25.0 Å². The van der Waals surface area contributed by atoms with Gasteiger partial charge in [0.2, 0.25) is 0 Å². The maximum Gasteiger partial charge on any atom is 0.136 e. The fourth-order valence-corrected chi connectivity index (χ4v) is 10.4. The Labute approximate surface area is 347 Å². The standard InChI is InChI=1S/C57H37NO2/c1-57(2)49-20-9-7-16-41(49)47-32-36(23-26-50(47)57)58(37-24-28-53-48(33-37)42-17-8-10-21-52(42)59-53)51-27-29-54-56-44(18-11-19-45(51)56)43-25-22-35(31-55(43)60-54)46-30-34-12-3-4-13-38(34)39-14-5-6-15-40(39)46/h3-33H,1-2H3. The second-order valence-electron chi connectivity index (χ2n) is 16.8. The van der Waals surface area contributed by atoms with Gasteiger partial charge in [0, 0.05) is 43.9 Å².